The molecule has 2 aromatic carbocycles. The van der Waals surface area contributed by atoms with Gasteiger partial charge in [-0.25, -0.2) is 0 Å². The van der Waals surface area contributed by atoms with E-state index in [1.807, 2.05) is 30.3 Å². The van der Waals surface area contributed by atoms with Crippen LogP contribution in [-0.4, -0.2) is 52.9 Å². The van der Waals surface area contributed by atoms with E-state index in [4.69, 9.17) is 9.26 Å². The van der Waals surface area contributed by atoms with Crippen molar-refractivity contribution in [1.29, 1.82) is 0 Å². The maximum atomic E-state index is 12.8. The van der Waals surface area contributed by atoms with E-state index in [0.29, 0.717) is 43.2 Å². The molecule has 3 aromatic rings. The quantitative estimate of drug-likeness (QED) is 0.246. The molecule has 10 nitrogen and oxygen atoms in total. The molecule has 0 radical (unpaired) electrons. The lowest BCUT2D eigenvalue weighted by atomic mass is 10.0. The lowest BCUT2D eigenvalue weighted by Gasteiger charge is -2.29. The molecule has 0 spiro atoms. The standard InChI is InChI=1S/C29H29BrN4O6/c30-20-7-5-18(6-8-20)25-16-23(33-40-25)27(36)31-13-3-1-2-4-14-39-21-9-10-22-19(15-21)17-34(29(22)38)24-11-12-26(35)32-28(24)37/h5-10,15-16,24H,1-4,11-14,17H2,(H,31,36)(H,32,35,37). The molecule has 0 aliphatic carbocycles. The molecule has 3 heterocycles. The normalized spacial score (nSPS) is 16.6. The second kappa shape index (κ2) is 12.5. The number of nitrogens with one attached hydrogen (secondary N) is 2. The number of piperidine rings is 1. The van der Waals surface area contributed by atoms with Crippen LogP contribution in [-0.2, 0) is 16.1 Å². The smallest absolute Gasteiger partial charge is 0.273 e. The number of halogens is 1. The molecule has 208 valence electrons. The van der Waals surface area contributed by atoms with Gasteiger partial charge in [0, 0.05) is 41.2 Å². The van der Waals surface area contributed by atoms with Crippen molar-refractivity contribution in [3.05, 3.63) is 69.8 Å². The van der Waals surface area contributed by atoms with Crippen molar-refractivity contribution in [2.24, 2.45) is 0 Å². The number of fused-ring (bicyclic) bond motifs is 1. The van der Waals surface area contributed by atoms with E-state index in [2.05, 4.69) is 31.7 Å². The zero-order valence-electron chi connectivity index (χ0n) is 21.8. The van der Waals surface area contributed by atoms with Gasteiger partial charge in [-0.15, -0.1) is 0 Å². The number of imide groups is 1. The van der Waals surface area contributed by atoms with Crippen molar-refractivity contribution in [2.75, 3.05) is 13.2 Å². The first kappa shape index (κ1) is 27.6. The van der Waals surface area contributed by atoms with Crippen LogP contribution in [0.4, 0.5) is 0 Å². The van der Waals surface area contributed by atoms with Gasteiger partial charge in [-0.1, -0.05) is 46.1 Å². The summed E-state index contributed by atoms with van der Waals surface area (Å²) in [6.45, 7) is 1.40. The topological polar surface area (TPSA) is 131 Å². The number of aromatic nitrogens is 1. The third kappa shape index (κ3) is 6.41. The van der Waals surface area contributed by atoms with E-state index < -0.39 is 11.9 Å². The lowest BCUT2D eigenvalue weighted by Crippen LogP contribution is -2.52. The minimum atomic E-state index is -0.627. The van der Waals surface area contributed by atoms with Crippen LogP contribution in [0.25, 0.3) is 11.3 Å². The van der Waals surface area contributed by atoms with E-state index >= 15 is 0 Å². The molecule has 0 bridgehead atoms. The van der Waals surface area contributed by atoms with Gasteiger partial charge in [0.15, 0.2) is 11.5 Å². The maximum absolute atomic E-state index is 12.8. The number of amides is 4. The molecule has 2 aliphatic heterocycles. The van der Waals surface area contributed by atoms with Gasteiger partial charge in [-0.3, -0.25) is 24.5 Å². The second-order valence-electron chi connectivity index (χ2n) is 9.82. The van der Waals surface area contributed by atoms with Crippen LogP contribution < -0.4 is 15.4 Å². The fourth-order valence-electron chi connectivity index (χ4n) is 4.84. The monoisotopic (exact) mass is 608 g/mol. The van der Waals surface area contributed by atoms with E-state index in [9.17, 15) is 19.2 Å². The van der Waals surface area contributed by atoms with Gasteiger partial charge < -0.3 is 19.5 Å². The third-order valence-corrected chi connectivity index (χ3v) is 7.52. The molecule has 2 aliphatic rings. The number of benzene rings is 2. The Kier molecular flexibility index (Phi) is 8.59. The first-order valence-corrected chi connectivity index (χ1v) is 14.1. The summed E-state index contributed by atoms with van der Waals surface area (Å²) in [4.78, 5) is 50.3. The molecule has 2 N–H and O–H groups in total. The number of carbonyl (C=O) groups excluding carboxylic acids is 4. The predicted octanol–water partition coefficient (Wildman–Crippen LogP) is 4.23. The Morgan fingerprint density at radius 1 is 1.07 bits per heavy atom. The molecule has 0 saturated carbocycles. The number of unbranched alkanes of at least 4 members (excludes halogenated alkanes) is 3. The van der Waals surface area contributed by atoms with Crippen molar-refractivity contribution in [1.82, 2.24) is 20.7 Å². The minimum Gasteiger partial charge on any atom is -0.494 e. The highest BCUT2D eigenvalue weighted by Crippen LogP contribution is 2.30. The van der Waals surface area contributed by atoms with Crippen molar-refractivity contribution in [2.45, 2.75) is 51.1 Å². The number of nitrogens with zero attached hydrogens (tertiary/aromatic N) is 2. The van der Waals surface area contributed by atoms with Gasteiger partial charge >= 0.3 is 0 Å². The first-order chi connectivity index (χ1) is 19.4. The van der Waals surface area contributed by atoms with Crippen LogP contribution in [0.3, 0.4) is 0 Å². The summed E-state index contributed by atoms with van der Waals surface area (Å²) in [6.07, 6.45) is 4.14. The van der Waals surface area contributed by atoms with Crippen molar-refractivity contribution < 1.29 is 28.4 Å². The van der Waals surface area contributed by atoms with Gasteiger partial charge in [-0.2, -0.15) is 0 Å². The summed E-state index contributed by atoms with van der Waals surface area (Å²) in [5, 5.41) is 9.07. The molecule has 1 fully saturated rings. The maximum Gasteiger partial charge on any atom is 0.273 e. The van der Waals surface area contributed by atoms with Gasteiger partial charge in [-0.05, 0) is 55.2 Å². The highest BCUT2D eigenvalue weighted by molar-refractivity contribution is 9.10. The number of ether oxygens (including phenoxy) is 1. The molecule has 1 unspecified atom stereocenters. The largest absolute Gasteiger partial charge is 0.494 e. The number of rotatable bonds is 11. The zero-order chi connectivity index (χ0) is 28.1. The van der Waals surface area contributed by atoms with E-state index in [1.54, 1.807) is 18.2 Å². The molecule has 11 heteroatoms. The molecule has 5 rings (SSSR count). The fourth-order valence-corrected chi connectivity index (χ4v) is 5.10. The molecule has 4 amide bonds. The molecule has 1 saturated heterocycles. The average molecular weight is 609 g/mol. The van der Waals surface area contributed by atoms with Crippen LogP contribution in [0.2, 0.25) is 0 Å². The molecule has 40 heavy (non-hydrogen) atoms. The van der Waals surface area contributed by atoms with Crippen LogP contribution in [0.1, 0.15) is 64.9 Å². The SMILES string of the molecule is O=C1CCC(N2Cc3cc(OCCCCCCNC(=O)c4cc(-c5ccc(Br)cc5)on4)ccc3C2=O)C(=O)N1. The van der Waals surface area contributed by atoms with Crippen molar-refractivity contribution >= 4 is 39.6 Å². The molecule has 1 aromatic heterocycles. The Hall–Kier alpha value is -3.99. The molecular formula is C29H29BrN4O6. The predicted molar refractivity (Wildman–Crippen MR) is 148 cm³/mol. The van der Waals surface area contributed by atoms with Crippen LogP contribution >= 0.6 is 15.9 Å². The number of hydrogen-bond donors (Lipinski definition) is 2. The molecule has 1 atom stereocenters. The number of hydrogen-bond acceptors (Lipinski definition) is 7. The summed E-state index contributed by atoms with van der Waals surface area (Å²) >= 11 is 3.39. The highest BCUT2D eigenvalue weighted by Gasteiger charge is 2.39. The van der Waals surface area contributed by atoms with E-state index in [0.717, 1.165) is 41.3 Å². The summed E-state index contributed by atoms with van der Waals surface area (Å²) < 4.78 is 12.1. The lowest BCUT2D eigenvalue weighted by molar-refractivity contribution is -0.136. The summed E-state index contributed by atoms with van der Waals surface area (Å²) in [7, 11) is 0. The minimum absolute atomic E-state index is 0.197. The van der Waals surface area contributed by atoms with Crippen LogP contribution in [0, 0.1) is 0 Å². The van der Waals surface area contributed by atoms with Crippen LogP contribution in [0.5, 0.6) is 5.75 Å². The van der Waals surface area contributed by atoms with Crippen molar-refractivity contribution in [3.8, 4) is 17.1 Å². The second-order valence-corrected chi connectivity index (χ2v) is 10.7. The Morgan fingerprint density at radius 2 is 1.88 bits per heavy atom. The fraction of sp³-hybridized carbons (Fsp3) is 0.345. The molecular weight excluding hydrogens is 580 g/mol. The third-order valence-electron chi connectivity index (χ3n) is 6.99. The summed E-state index contributed by atoms with van der Waals surface area (Å²) in [5.41, 5.74) is 2.48. The highest BCUT2D eigenvalue weighted by atomic mass is 79.9. The van der Waals surface area contributed by atoms with Gasteiger partial charge in [0.1, 0.15) is 11.8 Å². The van der Waals surface area contributed by atoms with Crippen molar-refractivity contribution in [3.63, 3.8) is 0 Å². The Bertz CT molecular complexity index is 1420. The van der Waals surface area contributed by atoms with Gasteiger partial charge in [0.05, 0.1) is 6.61 Å². The average Bonchev–Trinajstić information content (AvgIpc) is 3.56. The Balaban J connectivity index is 0.983. The van der Waals surface area contributed by atoms with Crippen LogP contribution in [0.15, 0.2) is 57.5 Å². The number of carbonyl (C=O) groups is 4. The van der Waals surface area contributed by atoms with E-state index in [1.165, 1.54) is 4.90 Å². The Labute approximate surface area is 239 Å². The Morgan fingerprint density at radius 3 is 2.67 bits per heavy atom. The summed E-state index contributed by atoms with van der Waals surface area (Å²) in [6, 6.07) is 13.9. The zero-order valence-corrected chi connectivity index (χ0v) is 23.4. The van der Waals surface area contributed by atoms with Gasteiger partial charge in [0.2, 0.25) is 11.8 Å². The summed E-state index contributed by atoms with van der Waals surface area (Å²) in [5.74, 6) is 0.0399. The van der Waals surface area contributed by atoms with Gasteiger partial charge in [0.25, 0.3) is 11.8 Å². The van der Waals surface area contributed by atoms with E-state index in [-0.39, 0.29) is 29.8 Å². The first-order valence-electron chi connectivity index (χ1n) is 13.3.